The number of fused-ring (bicyclic) bond motifs is 2. The molecule has 3 unspecified atom stereocenters. The lowest BCUT2D eigenvalue weighted by atomic mass is 9.93. The number of Topliss-reactive ketones (excluding diaryl/α,β-unsaturated/α-hetero) is 1. The lowest BCUT2D eigenvalue weighted by Gasteiger charge is -2.25. The largest absolute Gasteiger partial charge is 0.310 e. The first kappa shape index (κ1) is 9.01. The molecule has 0 aromatic rings. The van der Waals surface area contributed by atoms with Crippen molar-refractivity contribution in [2.45, 2.75) is 38.3 Å². The Kier molecular flexibility index (Phi) is 2.55. The number of hydrogen-bond donors (Lipinski definition) is 1. The standard InChI is InChI=1S/C8H13NO.ClH/c1-5-7-3-2-6(9-7)4-8(5)10;/h5-7,9H,2-4H2,1H3;1H. The highest BCUT2D eigenvalue weighted by Crippen LogP contribution is 2.28. The summed E-state index contributed by atoms with van der Waals surface area (Å²) >= 11 is 0. The molecule has 0 amide bonds. The molecule has 2 bridgehead atoms. The van der Waals surface area contributed by atoms with Crippen LogP contribution < -0.4 is 5.32 Å². The summed E-state index contributed by atoms with van der Waals surface area (Å²) in [4.78, 5) is 11.2. The Bertz CT molecular complexity index is 171. The van der Waals surface area contributed by atoms with Crippen LogP contribution >= 0.6 is 12.4 Å². The van der Waals surface area contributed by atoms with Gasteiger partial charge < -0.3 is 5.32 Å². The van der Waals surface area contributed by atoms with Gasteiger partial charge in [0.15, 0.2) is 0 Å². The van der Waals surface area contributed by atoms with Gasteiger partial charge in [0.05, 0.1) is 0 Å². The van der Waals surface area contributed by atoms with Crippen LogP contribution in [0.15, 0.2) is 0 Å². The van der Waals surface area contributed by atoms with E-state index in [1.54, 1.807) is 0 Å². The molecule has 0 saturated carbocycles. The summed E-state index contributed by atoms with van der Waals surface area (Å²) < 4.78 is 0. The summed E-state index contributed by atoms with van der Waals surface area (Å²) in [7, 11) is 0. The summed E-state index contributed by atoms with van der Waals surface area (Å²) in [6.07, 6.45) is 3.19. The number of nitrogens with one attached hydrogen (secondary N) is 1. The van der Waals surface area contributed by atoms with Crippen LogP contribution in [-0.2, 0) is 4.79 Å². The average molecular weight is 176 g/mol. The first-order valence-electron chi connectivity index (χ1n) is 4.06. The quantitative estimate of drug-likeness (QED) is 0.598. The van der Waals surface area contributed by atoms with Crippen molar-refractivity contribution in [1.29, 1.82) is 0 Å². The molecule has 2 aliphatic rings. The molecule has 0 radical (unpaired) electrons. The van der Waals surface area contributed by atoms with Crippen LogP contribution in [0.3, 0.4) is 0 Å². The maximum Gasteiger partial charge on any atom is 0.138 e. The molecule has 0 aliphatic carbocycles. The lowest BCUT2D eigenvalue weighted by Crippen LogP contribution is -2.44. The summed E-state index contributed by atoms with van der Waals surface area (Å²) in [5, 5.41) is 3.45. The summed E-state index contributed by atoms with van der Waals surface area (Å²) in [6.45, 7) is 2.04. The molecule has 2 saturated heterocycles. The summed E-state index contributed by atoms with van der Waals surface area (Å²) in [6, 6.07) is 1.03. The molecule has 0 spiro atoms. The van der Waals surface area contributed by atoms with Crippen molar-refractivity contribution >= 4 is 18.2 Å². The van der Waals surface area contributed by atoms with Crippen LogP contribution in [0.25, 0.3) is 0 Å². The second-order valence-corrected chi connectivity index (χ2v) is 3.51. The Morgan fingerprint density at radius 3 is 2.91 bits per heavy atom. The fraction of sp³-hybridized carbons (Fsp3) is 0.875. The number of rotatable bonds is 0. The molecular weight excluding hydrogens is 162 g/mol. The Morgan fingerprint density at radius 1 is 1.45 bits per heavy atom. The minimum Gasteiger partial charge on any atom is -0.310 e. The van der Waals surface area contributed by atoms with Crippen molar-refractivity contribution < 1.29 is 4.79 Å². The predicted molar refractivity (Wildman–Crippen MR) is 46.0 cm³/mol. The molecule has 2 heterocycles. The van der Waals surface area contributed by atoms with Gasteiger partial charge in [0.2, 0.25) is 0 Å². The number of ketones is 1. The molecule has 1 N–H and O–H groups in total. The lowest BCUT2D eigenvalue weighted by molar-refractivity contribution is -0.124. The first-order valence-corrected chi connectivity index (χ1v) is 4.06. The molecule has 0 aromatic heterocycles. The van der Waals surface area contributed by atoms with Crippen molar-refractivity contribution in [1.82, 2.24) is 5.32 Å². The second-order valence-electron chi connectivity index (χ2n) is 3.51. The van der Waals surface area contributed by atoms with Gasteiger partial charge >= 0.3 is 0 Å². The van der Waals surface area contributed by atoms with Crippen molar-refractivity contribution in [2.75, 3.05) is 0 Å². The molecule has 2 rings (SSSR count). The van der Waals surface area contributed by atoms with Gasteiger partial charge in [0.25, 0.3) is 0 Å². The Balaban J connectivity index is 0.000000605. The minimum atomic E-state index is 0. The van der Waals surface area contributed by atoms with E-state index >= 15 is 0 Å². The van der Waals surface area contributed by atoms with Gasteiger partial charge in [-0.25, -0.2) is 0 Å². The van der Waals surface area contributed by atoms with Crippen molar-refractivity contribution in [3.8, 4) is 0 Å². The maximum absolute atomic E-state index is 11.2. The van der Waals surface area contributed by atoms with Crippen LogP contribution in [0.1, 0.15) is 26.2 Å². The molecule has 3 atom stereocenters. The van der Waals surface area contributed by atoms with Gasteiger partial charge in [-0.2, -0.15) is 0 Å². The van der Waals surface area contributed by atoms with Gasteiger partial charge in [-0.05, 0) is 12.8 Å². The zero-order valence-corrected chi connectivity index (χ0v) is 7.49. The fourth-order valence-corrected chi connectivity index (χ4v) is 2.06. The van der Waals surface area contributed by atoms with Gasteiger partial charge in [-0.15, -0.1) is 12.4 Å². The minimum absolute atomic E-state index is 0. The van der Waals surface area contributed by atoms with Crippen LogP contribution in [0.5, 0.6) is 0 Å². The number of halogens is 1. The topological polar surface area (TPSA) is 29.1 Å². The zero-order valence-electron chi connectivity index (χ0n) is 6.67. The van der Waals surface area contributed by atoms with E-state index < -0.39 is 0 Å². The smallest absolute Gasteiger partial charge is 0.138 e. The van der Waals surface area contributed by atoms with Crippen molar-refractivity contribution in [3.05, 3.63) is 0 Å². The van der Waals surface area contributed by atoms with Gasteiger partial charge in [0.1, 0.15) is 5.78 Å². The highest BCUT2D eigenvalue weighted by Gasteiger charge is 2.37. The van der Waals surface area contributed by atoms with Crippen LogP contribution in [0, 0.1) is 5.92 Å². The van der Waals surface area contributed by atoms with Crippen LogP contribution in [-0.4, -0.2) is 17.9 Å². The Labute approximate surface area is 73.1 Å². The van der Waals surface area contributed by atoms with Crippen molar-refractivity contribution in [2.24, 2.45) is 5.92 Å². The molecule has 3 heteroatoms. The normalized spacial score (nSPS) is 41.9. The molecule has 2 nitrogen and oxygen atoms in total. The zero-order chi connectivity index (χ0) is 7.14. The molecule has 2 fully saturated rings. The van der Waals surface area contributed by atoms with E-state index in [0.717, 1.165) is 6.42 Å². The van der Waals surface area contributed by atoms with Gasteiger partial charge in [-0.1, -0.05) is 6.92 Å². The van der Waals surface area contributed by atoms with Gasteiger partial charge in [-0.3, -0.25) is 4.79 Å². The molecule has 64 valence electrons. The molecule has 0 aromatic carbocycles. The van der Waals surface area contributed by atoms with E-state index in [0.29, 0.717) is 17.9 Å². The van der Waals surface area contributed by atoms with E-state index in [2.05, 4.69) is 5.32 Å². The first-order chi connectivity index (χ1) is 4.77. The summed E-state index contributed by atoms with van der Waals surface area (Å²) in [5.74, 6) is 0.741. The van der Waals surface area contributed by atoms with Gasteiger partial charge in [0, 0.05) is 24.4 Å². The SMILES string of the molecule is CC1C(=O)CC2CCC1N2.Cl. The number of piperidine rings is 1. The third-order valence-electron chi connectivity index (χ3n) is 2.83. The third-order valence-corrected chi connectivity index (χ3v) is 2.83. The monoisotopic (exact) mass is 175 g/mol. The summed E-state index contributed by atoms with van der Waals surface area (Å²) in [5.41, 5.74) is 0. The molecular formula is C8H14ClNO. The highest BCUT2D eigenvalue weighted by molar-refractivity contribution is 5.85. The van der Waals surface area contributed by atoms with Crippen LogP contribution in [0.2, 0.25) is 0 Å². The average Bonchev–Trinajstić information content (AvgIpc) is 2.29. The van der Waals surface area contributed by atoms with E-state index in [9.17, 15) is 4.79 Å². The predicted octanol–water partition coefficient (Wildman–Crippen LogP) is 1.14. The third kappa shape index (κ3) is 1.42. The molecule has 2 aliphatic heterocycles. The van der Waals surface area contributed by atoms with E-state index in [1.165, 1.54) is 12.8 Å². The Morgan fingerprint density at radius 2 is 2.18 bits per heavy atom. The fourth-order valence-electron chi connectivity index (χ4n) is 2.06. The van der Waals surface area contributed by atoms with Crippen LogP contribution in [0.4, 0.5) is 0 Å². The van der Waals surface area contributed by atoms with E-state index in [-0.39, 0.29) is 18.3 Å². The van der Waals surface area contributed by atoms with E-state index in [4.69, 9.17) is 0 Å². The second kappa shape index (κ2) is 3.11. The number of carbonyl (C=O) groups excluding carboxylic acids is 1. The van der Waals surface area contributed by atoms with E-state index in [1.807, 2.05) is 6.92 Å². The highest BCUT2D eigenvalue weighted by atomic mass is 35.5. The number of carbonyl (C=O) groups is 1. The molecule has 11 heavy (non-hydrogen) atoms. The Hall–Kier alpha value is -0.0800. The van der Waals surface area contributed by atoms with Crippen molar-refractivity contribution in [3.63, 3.8) is 0 Å². The number of hydrogen-bond acceptors (Lipinski definition) is 2. The maximum atomic E-state index is 11.2.